The van der Waals surface area contributed by atoms with Gasteiger partial charge in [0.1, 0.15) is 6.04 Å². The fourth-order valence-electron chi connectivity index (χ4n) is 4.26. The van der Waals surface area contributed by atoms with Gasteiger partial charge in [0.2, 0.25) is 5.91 Å². The molecule has 3 amide bonds. The second-order valence-corrected chi connectivity index (χ2v) is 8.90. The molecular weight excluding hydrogens is 410 g/mol. The fraction of sp³-hybridized carbons (Fsp3) is 0.375. The highest BCUT2D eigenvalue weighted by molar-refractivity contribution is 7.98. The third-order valence-electron chi connectivity index (χ3n) is 5.95. The summed E-state index contributed by atoms with van der Waals surface area (Å²) in [5, 5.41) is 0. The Kier molecular flexibility index (Phi) is 6.73. The van der Waals surface area contributed by atoms with E-state index in [9.17, 15) is 14.4 Å². The minimum Gasteiger partial charge on any atom is -0.338 e. The zero-order valence-electron chi connectivity index (χ0n) is 17.7. The van der Waals surface area contributed by atoms with Crippen LogP contribution in [0.25, 0.3) is 0 Å². The molecule has 4 rings (SSSR count). The lowest BCUT2D eigenvalue weighted by Gasteiger charge is -2.37. The van der Waals surface area contributed by atoms with Crippen LogP contribution in [-0.4, -0.2) is 76.7 Å². The molecule has 1 fully saturated rings. The number of nitrogens with zero attached hydrogens (tertiary/aromatic N) is 3. The maximum Gasteiger partial charge on any atom is 0.262 e. The van der Waals surface area contributed by atoms with Crippen molar-refractivity contribution >= 4 is 29.5 Å². The molecule has 0 bridgehead atoms. The molecule has 2 aliphatic heterocycles. The second kappa shape index (κ2) is 9.66. The van der Waals surface area contributed by atoms with Gasteiger partial charge in [-0.25, -0.2) is 0 Å². The molecule has 2 aromatic carbocycles. The minimum absolute atomic E-state index is 0.122. The second-order valence-electron chi connectivity index (χ2n) is 7.91. The maximum atomic E-state index is 13.5. The number of carbonyl (C=O) groups excluding carboxylic acids is 3. The van der Waals surface area contributed by atoms with Crippen LogP contribution in [0.4, 0.5) is 0 Å². The first kappa shape index (κ1) is 21.6. The van der Waals surface area contributed by atoms with Crippen LogP contribution in [0.1, 0.15) is 32.7 Å². The summed E-state index contributed by atoms with van der Waals surface area (Å²) in [5.74, 6) is -0.133. The monoisotopic (exact) mass is 437 g/mol. The van der Waals surface area contributed by atoms with Gasteiger partial charge in [-0.1, -0.05) is 42.5 Å². The van der Waals surface area contributed by atoms with Crippen molar-refractivity contribution < 1.29 is 14.4 Å². The van der Waals surface area contributed by atoms with Crippen LogP contribution < -0.4 is 0 Å². The van der Waals surface area contributed by atoms with Gasteiger partial charge in [0.05, 0.1) is 11.1 Å². The van der Waals surface area contributed by atoms with Gasteiger partial charge >= 0.3 is 0 Å². The summed E-state index contributed by atoms with van der Waals surface area (Å²) in [6, 6.07) is 16.4. The number of rotatable bonds is 7. The van der Waals surface area contributed by atoms with E-state index in [0.29, 0.717) is 36.4 Å². The molecule has 0 aliphatic carbocycles. The number of carbonyl (C=O) groups is 3. The number of fused-ring (bicyclic) bond motifs is 1. The standard InChI is InChI=1S/C24H27N3O3S/c1-31-16-11-21(27-22(28)19-9-5-6-10-20(19)23(27)29)24(30)26-14-12-25(13-15-26)17-18-7-3-2-4-8-18/h2-10,21H,11-17H2,1H3/t21-/m1/s1. The van der Waals surface area contributed by atoms with E-state index in [4.69, 9.17) is 0 Å². The van der Waals surface area contributed by atoms with Gasteiger partial charge in [0.25, 0.3) is 11.8 Å². The predicted molar refractivity (Wildman–Crippen MR) is 122 cm³/mol. The van der Waals surface area contributed by atoms with Crippen molar-refractivity contribution in [2.45, 2.75) is 19.0 Å². The molecule has 7 heteroatoms. The summed E-state index contributed by atoms with van der Waals surface area (Å²) in [4.78, 5) is 44.7. The number of hydrogen-bond acceptors (Lipinski definition) is 5. The molecule has 6 nitrogen and oxygen atoms in total. The van der Waals surface area contributed by atoms with Gasteiger partial charge in [0, 0.05) is 32.7 Å². The van der Waals surface area contributed by atoms with Crippen molar-refractivity contribution in [3.63, 3.8) is 0 Å². The van der Waals surface area contributed by atoms with Gasteiger partial charge in [-0.15, -0.1) is 0 Å². The lowest BCUT2D eigenvalue weighted by Crippen LogP contribution is -2.56. The Bertz CT molecular complexity index is 923. The molecule has 2 heterocycles. The van der Waals surface area contributed by atoms with Crippen LogP contribution in [0.15, 0.2) is 54.6 Å². The average molecular weight is 438 g/mol. The van der Waals surface area contributed by atoms with Crippen LogP contribution in [-0.2, 0) is 11.3 Å². The highest BCUT2D eigenvalue weighted by atomic mass is 32.2. The van der Waals surface area contributed by atoms with Gasteiger partial charge in [-0.3, -0.25) is 24.2 Å². The number of hydrogen-bond donors (Lipinski definition) is 0. The molecule has 2 aromatic rings. The van der Waals surface area contributed by atoms with Crippen molar-refractivity contribution in [1.82, 2.24) is 14.7 Å². The third kappa shape index (κ3) is 4.52. The Labute approximate surface area is 187 Å². The highest BCUT2D eigenvalue weighted by Gasteiger charge is 2.43. The third-order valence-corrected chi connectivity index (χ3v) is 6.59. The Morgan fingerprint density at radius 2 is 1.48 bits per heavy atom. The average Bonchev–Trinajstić information content (AvgIpc) is 3.06. The van der Waals surface area contributed by atoms with E-state index >= 15 is 0 Å². The molecule has 2 aliphatic rings. The molecule has 0 aromatic heterocycles. The van der Waals surface area contributed by atoms with E-state index in [-0.39, 0.29) is 17.7 Å². The van der Waals surface area contributed by atoms with E-state index in [0.717, 1.165) is 19.6 Å². The van der Waals surface area contributed by atoms with Gasteiger partial charge in [0.15, 0.2) is 0 Å². The summed E-state index contributed by atoms with van der Waals surface area (Å²) >= 11 is 1.61. The molecule has 0 saturated carbocycles. The van der Waals surface area contributed by atoms with Crippen molar-refractivity contribution in [2.75, 3.05) is 38.2 Å². The van der Waals surface area contributed by atoms with E-state index in [1.54, 1.807) is 36.0 Å². The SMILES string of the molecule is CSCC[C@H](C(=O)N1CCN(Cc2ccccc2)CC1)N1C(=O)c2ccccc2C1=O. The van der Waals surface area contributed by atoms with Crippen LogP contribution >= 0.6 is 11.8 Å². The minimum atomic E-state index is -0.750. The lowest BCUT2D eigenvalue weighted by atomic mass is 10.1. The number of amides is 3. The fourth-order valence-corrected chi connectivity index (χ4v) is 4.72. The summed E-state index contributed by atoms with van der Waals surface area (Å²) in [6.07, 6.45) is 2.43. The largest absolute Gasteiger partial charge is 0.338 e. The zero-order chi connectivity index (χ0) is 21.8. The molecule has 0 N–H and O–H groups in total. The van der Waals surface area contributed by atoms with Crippen molar-refractivity contribution in [1.29, 1.82) is 0 Å². The van der Waals surface area contributed by atoms with Crippen LogP contribution in [0, 0.1) is 0 Å². The van der Waals surface area contributed by atoms with Crippen molar-refractivity contribution in [3.8, 4) is 0 Å². The zero-order valence-corrected chi connectivity index (χ0v) is 18.5. The smallest absolute Gasteiger partial charge is 0.262 e. The van der Waals surface area contributed by atoms with Crippen molar-refractivity contribution in [3.05, 3.63) is 71.3 Å². The van der Waals surface area contributed by atoms with Crippen LogP contribution in [0.2, 0.25) is 0 Å². The maximum absolute atomic E-state index is 13.5. The van der Waals surface area contributed by atoms with Crippen molar-refractivity contribution in [2.24, 2.45) is 0 Å². The molecule has 31 heavy (non-hydrogen) atoms. The topological polar surface area (TPSA) is 60.9 Å². The Hall–Kier alpha value is -2.64. The summed E-state index contributed by atoms with van der Waals surface area (Å²) in [5.41, 5.74) is 2.04. The number of benzene rings is 2. The van der Waals surface area contributed by atoms with Gasteiger partial charge < -0.3 is 4.90 Å². The van der Waals surface area contributed by atoms with E-state index in [2.05, 4.69) is 17.0 Å². The van der Waals surface area contributed by atoms with Gasteiger partial charge in [-0.2, -0.15) is 11.8 Å². The van der Waals surface area contributed by atoms with E-state index < -0.39 is 6.04 Å². The first-order valence-corrected chi connectivity index (χ1v) is 12.0. The van der Waals surface area contributed by atoms with E-state index in [1.165, 1.54) is 10.5 Å². The normalized spacial score (nSPS) is 17.7. The Morgan fingerprint density at radius 3 is 2.06 bits per heavy atom. The molecule has 0 radical (unpaired) electrons. The van der Waals surface area contributed by atoms with Crippen LogP contribution in [0.3, 0.4) is 0 Å². The number of thioether (sulfide) groups is 1. The lowest BCUT2D eigenvalue weighted by molar-refractivity contribution is -0.137. The highest BCUT2D eigenvalue weighted by Crippen LogP contribution is 2.27. The summed E-state index contributed by atoms with van der Waals surface area (Å²) in [7, 11) is 0. The van der Waals surface area contributed by atoms with E-state index in [1.807, 2.05) is 29.4 Å². The van der Waals surface area contributed by atoms with Crippen LogP contribution in [0.5, 0.6) is 0 Å². The quantitative estimate of drug-likeness (QED) is 0.624. The Balaban J connectivity index is 1.45. The molecule has 1 saturated heterocycles. The molecule has 162 valence electrons. The summed E-state index contributed by atoms with van der Waals surface area (Å²) < 4.78 is 0. The number of piperazine rings is 1. The number of imide groups is 1. The first-order chi connectivity index (χ1) is 15.1. The molecular formula is C24H27N3O3S. The first-order valence-electron chi connectivity index (χ1n) is 10.6. The molecule has 1 atom stereocenters. The Morgan fingerprint density at radius 1 is 0.903 bits per heavy atom. The molecule has 0 unspecified atom stereocenters. The predicted octanol–water partition coefficient (Wildman–Crippen LogP) is 2.75. The summed E-state index contributed by atoms with van der Waals surface area (Å²) in [6.45, 7) is 3.61. The van der Waals surface area contributed by atoms with Gasteiger partial charge in [-0.05, 0) is 36.1 Å². The molecule has 0 spiro atoms.